The van der Waals surface area contributed by atoms with E-state index < -0.39 is 5.16 Å². The Hall–Kier alpha value is -0.683. The second-order valence-corrected chi connectivity index (χ2v) is 5.78. The van der Waals surface area contributed by atoms with Crippen molar-refractivity contribution >= 4 is 33.9 Å². The molecule has 0 saturated heterocycles. The number of ketones is 1. The molecule has 1 aromatic carbocycles. The molecule has 0 aliphatic carbocycles. The maximum absolute atomic E-state index is 12.6. The second-order valence-electron chi connectivity index (χ2n) is 4.51. The Kier molecular flexibility index (Phi) is 7.66. The average molecular weight is 292 g/mol. The Morgan fingerprint density at radius 2 is 1.60 bits per heavy atom. The molecule has 0 bridgehead atoms. The van der Waals surface area contributed by atoms with Crippen LogP contribution in [0.15, 0.2) is 12.1 Å². The Bertz CT molecular complexity index is 449. The van der Waals surface area contributed by atoms with Crippen LogP contribution < -0.4 is 14.2 Å². The summed E-state index contributed by atoms with van der Waals surface area (Å²) in [5.41, 5.74) is 0.449. The Labute approximate surface area is 134 Å². The number of rotatable bonds is 6. The first-order valence-corrected chi connectivity index (χ1v) is 6.62. The van der Waals surface area contributed by atoms with Crippen LogP contribution >= 0.6 is 9.24 Å². The molecule has 108 valence electrons. The van der Waals surface area contributed by atoms with Crippen LogP contribution in [0.5, 0.6) is 17.2 Å². The molecule has 0 heterocycles. The van der Waals surface area contributed by atoms with Gasteiger partial charge in [0.25, 0.3) is 0 Å². The van der Waals surface area contributed by atoms with Crippen LogP contribution in [0, 0.1) is 0 Å². The van der Waals surface area contributed by atoms with Gasteiger partial charge in [0.15, 0.2) is 5.78 Å². The number of hydrogen-bond acceptors (Lipinski definition) is 4. The van der Waals surface area contributed by atoms with Crippen molar-refractivity contribution in [1.29, 1.82) is 0 Å². The standard InChI is InChI=1S/C14H21O4P.Li.H/c1-6-14(2,19)13(15)12-10(17-4)7-9(16-3)8-11(12)18-5;;/h7-8H,6,19H2,1-5H3;;. The summed E-state index contributed by atoms with van der Waals surface area (Å²) < 4.78 is 15.8. The Morgan fingerprint density at radius 1 is 1.15 bits per heavy atom. The number of carbonyl (C=O) groups is 1. The summed E-state index contributed by atoms with van der Waals surface area (Å²) in [6.07, 6.45) is 0.703. The van der Waals surface area contributed by atoms with Crippen LogP contribution in [0.25, 0.3) is 0 Å². The first-order chi connectivity index (χ1) is 8.91. The van der Waals surface area contributed by atoms with Crippen LogP contribution in [0.1, 0.15) is 30.6 Å². The molecule has 0 aliphatic rings. The second kappa shape index (κ2) is 7.93. The van der Waals surface area contributed by atoms with E-state index in [9.17, 15) is 4.79 Å². The van der Waals surface area contributed by atoms with Gasteiger partial charge < -0.3 is 14.2 Å². The first-order valence-electron chi connectivity index (χ1n) is 6.05. The summed E-state index contributed by atoms with van der Waals surface area (Å²) in [6.45, 7) is 3.84. The molecule has 0 aromatic heterocycles. The summed E-state index contributed by atoms with van der Waals surface area (Å²) in [6, 6.07) is 3.37. The topological polar surface area (TPSA) is 44.8 Å². The van der Waals surface area contributed by atoms with Crippen LogP contribution in [0.3, 0.4) is 0 Å². The minimum absolute atomic E-state index is 0. The van der Waals surface area contributed by atoms with E-state index in [1.54, 1.807) is 19.2 Å². The fraction of sp³-hybridized carbons (Fsp3) is 0.500. The summed E-state index contributed by atoms with van der Waals surface area (Å²) >= 11 is 0. The molecule has 0 spiro atoms. The molecule has 0 radical (unpaired) electrons. The molecule has 0 saturated carbocycles. The summed E-state index contributed by atoms with van der Waals surface area (Å²) in [4.78, 5) is 12.6. The number of benzene rings is 1. The third-order valence-corrected chi connectivity index (χ3v) is 3.87. The molecule has 0 amide bonds. The molecule has 20 heavy (non-hydrogen) atoms. The Balaban J connectivity index is 0.00000361. The van der Waals surface area contributed by atoms with Crippen molar-refractivity contribution in [1.82, 2.24) is 0 Å². The molecule has 1 aromatic rings. The molecule has 2 unspecified atom stereocenters. The van der Waals surface area contributed by atoms with E-state index in [0.717, 1.165) is 0 Å². The van der Waals surface area contributed by atoms with E-state index in [0.29, 0.717) is 29.2 Å². The van der Waals surface area contributed by atoms with Crippen molar-refractivity contribution in [3.8, 4) is 17.2 Å². The number of hydrogen-bond donors (Lipinski definition) is 0. The number of ether oxygens (including phenoxy) is 3. The van der Waals surface area contributed by atoms with E-state index in [-0.39, 0.29) is 24.6 Å². The van der Waals surface area contributed by atoms with Gasteiger partial charge in [0.05, 0.1) is 21.3 Å². The van der Waals surface area contributed by atoms with Crippen LogP contribution in [-0.4, -0.2) is 51.1 Å². The normalized spacial score (nSPS) is 12.9. The summed E-state index contributed by atoms with van der Waals surface area (Å²) in [5.74, 6) is 1.48. The fourth-order valence-electron chi connectivity index (χ4n) is 1.68. The van der Waals surface area contributed by atoms with Crippen molar-refractivity contribution in [2.75, 3.05) is 21.3 Å². The van der Waals surface area contributed by atoms with Gasteiger partial charge in [-0.15, -0.1) is 9.24 Å². The SMILES string of the molecule is CCC(C)(P)C(=O)c1c(OC)cc(OC)cc1OC.[LiH]. The first kappa shape index (κ1) is 19.3. The third-order valence-electron chi connectivity index (χ3n) is 3.20. The predicted molar refractivity (Wildman–Crippen MR) is 86.0 cm³/mol. The monoisotopic (exact) mass is 292 g/mol. The predicted octanol–water partition coefficient (Wildman–Crippen LogP) is 2.29. The summed E-state index contributed by atoms with van der Waals surface area (Å²) in [7, 11) is 7.21. The van der Waals surface area contributed by atoms with E-state index in [1.807, 2.05) is 13.8 Å². The van der Waals surface area contributed by atoms with Crippen molar-refractivity contribution in [3.63, 3.8) is 0 Å². The van der Waals surface area contributed by atoms with Crippen LogP contribution in [0.4, 0.5) is 0 Å². The van der Waals surface area contributed by atoms with E-state index in [1.165, 1.54) is 14.2 Å². The average Bonchev–Trinajstić information content (AvgIpc) is 2.44. The van der Waals surface area contributed by atoms with E-state index >= 15 is 0 Å². The van der Waals surface area contributed by atoms with Gasteiger partial charge in [0.1, 0.15) is 22.8 Å². The van der Waals surface area contributed by atoms with Gasteiger partial charge in [-0.1, -0.05) is 6.92 Å². The van der Waals surface area contributed by atoms with Gasteiger partial charge in [-0.3, -0.25) is 4.79 Å². The molecule has 0 fully saturated rings. The molecular weight excluding hydrogens is 270 g/mol. The van der Waals surface area contributed by atoms with Gasteiger partial charge in [0, 0.05) is 17.3 Å². The Morgan fingerprint density at radius 3 is 1.90 bits per heavy atom. The van der Waals surface area contributed by atoms with E-state index in [4.69, 9.17) is 14.2 Å². The number of methoxy groups -OCH3 is 3. The molecule has 0 N–H and O–H groups in total. The molecule has 2 atom stereocenters. The minimum atomic E-state index is -0.546. The number of carbonyl (C=O) groups excluding carboxylic acids is 1. The quantitative estimate of drug-likeness (QED) is 0.458. The molecule has 1 rings (SSSR count). The van der Waals surface area contributed by atoms with Crippen molar-refractivity contribution < 1.29 is 19.0 Å². The summed E-state index contributed by atoms with van der Waals surface area (Å²) in [5, 5.41) is -0.546. The van der Waals surface area contributed by atoms with Crippen LogP contribution in [-0.2, 0) is 0 Å². The van der Waals surface area contributed by atoms with Crippen molar-refractivity contribution in [2.45, 2.75) is 25.4 Å². The zero-order chi connectivity index (χ0) is 14.6. The third kappa shape index (κ3) is 3.92. The zero-order valence-corrected chi connectivity index (χ0v) is 13.2. The number of Topliss-reactive ketones (excluding diaryl/α,β-unsaturated/α-hetero) is 1. The van der Waals surface area contributed by atoms with Crippen molar-refractivity contribution in [3.05, 3.63) is 17.7 Å². The van der Waals surface area contributed by atoms with Gasteiger partial charge >= 0.3 is 18.9 Å². The van der Waals surface area contributed by atoms with Crippen LogP contribution in [0.2, 0.25) is 0 Å². The zero-order valence-electron chi connectivity index (χ0n) is 12.1. The maximum atomic E-state index is 12.6. The molecular formula is C14H22LiO4P. The fourth-order valence-corrected chi connectivity index (χ4v) is 1.82. The van der Waals surface area contributed by atoms with Gasteiger partial charge in [-0.25, -0.2) is 0 Å². The van der Waals surface area contributed by atoms with Gasteiger partial charge in [-0.2, -0.15) is 0 Å². The van der Waals surface area contributed by atoms with Gasteiger partial charge in [-0.05, 0) is 13.3 Å². The molecule has 4 nitrogen and oxygen atoms in total. The van der Waals surface area contributed by atoms with Gasteiger partial charge in [0.2, 0.25) is 0 Å². The molecule has 0 aliphatic heterocycles. The van der Waals surface area contributed by atoms with E-state index in [2.05, 4.69) is 9.24 Å². The van der Waals surface area contributed by atoms with Crippen molar-refractivity contribution in [2.24, 2.45) is 0 Å². The molecule has 6 heteroatoms.